The normalized spacial score (nSPS) is 20.9. The number of carbonyl (C=O) groups excluding carboxylic acids is 2. The van der Waals surface area contributed by atoms with Gasteiger partial charge in [-0.1, -0.05) is 18.2 Å². The van der Waals surface area contributed by atoms with Gasteiger partial charge >= 0.3 is 0 Å². The summed E-state index contributed by atoms with van der Waals surface area (Å²) in [5.41, 5.74) is 2.37. The predicted molar refractivity (Wildman–Crippen MR) is 97.2 cm³/mol. The molecule has 134 valence electrons. The van der Waals surface area contributed by atoms with Crippen LogP contribution in [0, 0.1) is 0 Å². The summed E-state index contributed by atoms with van der Waals surface area (Å²) in [4.78, 5) is 24.4. The Bertz CT molecular complexity index is 788. The van der Waals surface area contributed by atoms with E-state index in [-0.39, 0.29) is 17.9 Å². The zero-order valence-corrected chi connectivity index (χ0v) is 14.2. The van der Waals surface area contributed by atoms with Gasteiger partial charge in [-0.3, -0.25) is 9.59 Å². The van der Waals surface area contributed by atoms with Crippen molar-refractivity contribution in [1.82, 2.24) is 0 Å². The van der Waals surface area contributed by atoms with E-state index in [2.05, 4.69) is 10.6 Å². The molecule has 1 saturated heterocycles. The highest BCUT2D eigenvalue weighted by atomic mass is 16.5. The summed E-state index contributed by atoms with van der Waals surface area (Å²) in [6.45, 7) is 0.635. The highest BCUT2D eigenvalue weighted by Crippen LogP contribution is 2.28. The maximum atomic E-state index is 12.4. The van der Waals surface area contributed by atoms with Crippen LogP contribution >= 0.6 is 0 Å². The molecule has 0 bridgehead atoms. The Hall–Kier alpha value is -2.86. The number of carbonyl (C=O) groups is 2. The van der Waals surface area contributed by atoms with Crippen LogP contribution in [-0.4, -0.2) is 30.6 Å². The van der Waals surface area contributed by atoms with E-state index in [9.17, 15) is 9.59 Å². The first-order valence-corrected chi connectivity index (χ1v) is 8.77. The van der Waals surface area contributed by atoms with Crippen LogP contribution in [0.5, 0.6) is 5.75 Å². The molecule has 0 unspecified atom stereocenters. The number of ether oxygens (including phenoxy) is 2. The molecular formula is C20H20N2O4. The van der Waals surface area contributed by atoms with Gasteiger partial charge in [-0.15, -0.1) is 0 Å². The summed E-state index contributed by atoms with van der Waals surface area (Å²) in [6, 6.07) is 14.7. The molecule has 26 heavy (non-hydrogen) atoms. The lowest BCUT2D eigenvalue weighted by Crippen LogP contribution is -2.31. The summed E-state index contributed by atoms with van der Waals surface area (Å²) in [7, 11) is 0. The molecule has 2 aliphatic heterocycles. The summed E-state index contributed by atoms with van der Waals surface area (Å²) in [5.74, 6) is 0.452. The standard InChI is InChI=1S/C20H20N2O4/c23-19(17-6-3-11-25-17)21-14-7-9-15(10-8-14)22-20(24)18-12-13-4-1-2-5-16(13)26-18/h1-2,4-5,7-10,17-18H,3,6,11-12H2,(H,21,23)(H,22,24)/t17-,18-/m0/s1. The molecule has 2 amide bonds. The summed E-state index contributed by atoms with van der Waals surface area (Å²) in [5, 5.41) is 5.68. The number of hydrogen-bond acceptors (Lipinski definition) is 4. The van der Waals surface area contributed by atoms with Gasteiger partial charge in [0.15, 0.2) is 6.10 Å². The average Bonchev–Trinajstić information content (AvgIpc) is 3.33. The molecule has 2 aromatic carbocycles. The van der Waals surface area contributed by atoms with Crippen LogP contribution in [0.3, 0.4) is 0 Å². The van der Waals surface area contributed by atoms with E-state index in [4.69, 9.17) is 9.47 Å². The quantitative estimate of drug-likeness (QED) is 0.887. The van der Waals surface area contributed by atoms with Gasteiger partial charge in [0.05, 0.1) is 0 Å². The van der Waals surface area contributed by atoms with Crippen LogP contribution in [0.4, 0.5) is 11.4 Å². The van der Waals surface area contributed by atoms with Crippen molar-refractivity contribution in [2.75, 3.05) is 17.2 Å². The molecule has 1 fully saturated rings. The van der Waals surface area contributed by atoms with Crippen LogP contribution in [0.1, 0.15) is 18.4 Å². The van der Waals surface area contributed by atoms with E-state index in [1.165, 1.54) is 0 Å². The lowest BCUT2D eigenvalue weighted by Gasteiger charge is -2.13. The van der Waals surface area contributed by atoms with Gasteiger partial charge in [0.2, 0.25) is 0 Å². The van der Waals surface area contributed by atoms with Crippen molar-refractivity contribution in [1.29, 1.82) is 0 Å². The van der Waals surface area contributed by atoms with E-state index >= 15 is 0 Å². The van der Waals surface area contributed by atoms with Crippen LogP contribution in [0.15, 0.2) is 48.5 Å². The fraction of sp³-hybridized carbons (Fsp3) is 0.300. The van der Waals surface area contributed by atoms with Crippen LogP contribution in [0.25, 0.3) is 0 Å². The second kappa shape index (κ2) is 7.17. The summed E-state index contributed by atoms with van der Waals surface area (Å²) in [6.07, 6.45) is 1.35. The van der Waals surface area contributed by atoms with Crippen molar-refractivity contribution in [3.05, 3.63) is 54.1 Å². The average molecular weight is 352 g/mol. The van der Waals surface area contributed by atoms with Crippen LogP contribution in [0.2, 0.25) is 0 Å². The maximum Gasteiger partial charge on any atom is 0.265 e. The Labute approximate surface area is 151 Å². The Morgan fingerprint density at radius 3 is 2.15 bits per heavy atom. The van der Waals surface area contributed by atoms with E-state index in [1.54, 1.807) is 24.3 Å². The molecule has 0 radical (unpaired) electrons. The number of fused-ring (bicyclic) bond motifs is 1. The molecule has 0 aromatic heterocycles. The lowest BCUT2D eigenvalue weighted by molar-refractivity contribution is -0.124. The molecule has 0 spiro atoms. The van der Waals surface area contributed by atoms with E-state index in [1.807, 2.05) is 24.3 Å². The number of amides is 2. The molecule has 2 atom stereocenters. The monoisotopic (exact) mass is 352 g/mol. The smallest absolute Gasteiger partial charge is 0.265 e. The number of hydrogen-bond donors (Lipinski definition) is 2. The molecule has 2 aromatic rings. The van der Waals surface area contributed by atoms with Gasteiger partial charge in [0, 0.05) is 24.4 Å². The van der Waals surface area contributed by atoms with Crippen molar-refractivity contribution in [3.8, 4) is 5.75 Å². The summed E-state index contributed by atoms with van der Waals surface area (Å²) >= 11 is 0. The molecule has 4 rings (SSSR count). The molecule has 6 nitrogen and oxygen atoms in total. The van der Waals surface area contributed by atoms with Crippen molar-refractivity contribution in [3.63, 3.8) is 0 Å². The zero-order chi connectivity index (χ0) is 17.9. The minimum absolute atomic E-state index is 0.128. The molecule has 0 saturated carbocycles. The second-order valence-electron chi connectivity index (χ2n) is 6.48. The minimum Gasteiger partial charge on any atom is -0.480 e. The molecule has 2 aliphatic rings. The summed E-state index contributed by atoms with van der Waals surface area (Å²) < 4.78 is 11.1. The Morgan fingerprint density at radius 1 is 0.885 bits per heavy atom. The zero-order valence-electron chi connectivity index (χ0n) is 14.2. The number of rotatable bonds is 4. The van der Waals surface area contributed by atoms with Gasteiger partial charge in [0.25, 0.3) is 11.8 Å². The molecule has 0 aliphatic carbocycles. The highest BCUT2D eigenvalue weighted by Gasteiger charge is 2.28. The number of nitrogens with one attached hydrogen (secondary N) is 2. The van der Waals surface area contributed by atoms with Gasteiger partial charge in [-0.25, -0.2) is 0 Å². The predicted octanol–water partition coefficient (Wildman–Crippen LogP) is 2.75. The molecule has 6 heteroatoms. The fourth-order valence-corrected chi connectivity index (χ4v) is 3.20. The molecule has 2 N–H and O–H groups in total. The van der Waals surface area contributed by atoms with Crippen molar-refractivity contribution in [2.24, 2.45) is 0 Å². The first kappa shape index (κ1) is 16.6. The van der Waals surface area contributed by atoms with Gasteiger partial charge in [-0.05, 0) is 48.7 Å². The van der Waals surface area contributed by atoms with E-state index < -0.39 is 6.10 Å². The molecular weight excluding hydrogens is 332 g/mol. The van der Waals surface area contributed by atoms with Crippen molar-refractivity contribution >= 4 is 23.2 Å². The molecule has 2 heterocycles. The topological polar surface area (TPSA) is 76.7 Å². The lowest BCUT2D eigenvalue weighted by atomic mass is 10.1. The van der Waals surface area contributed by atoms with Crippen LogP contribution in [-0.2, 0) is 20.7 Å². The minimum atomic E-state index is -0.522. The van der Waals surface area contributed by atoms with Crippen molar-refractivity contribution in [2.45, 2.75) is 31.5 Å². The Kier molecular flexibility index (Phi) is 4.58. The largest absolute Gasteiger partial charge is 0.480 e. The second-order valence-corrected chi connectivity index (χ2v) is 6.48. The third kappa shape index (κ3) is 3.55. The maximum absolute atomic E-state index is 12.4. The van der Waals surface area contributed by atoms with E-state index in [0.29, 0.717) is 24.4 Å². The van der Waals surface area contributed by atoms with E-state index in [0.717, 1.165) is 24.2 Å². The Morgan fingerprint density at radius 2 is 1.54 bits per heavy atom. The number of anilines is 2. The van der Waals surface area contributed by atoms with Gasteiger partial charge in [-0.2, -0.15) is 0 Å². The SMILES string of the molecule is O=C(Nc1ccc(NC(=O)[C@@H]2Cc3ccccc3O2)cc1)[C@@H]1CCCO1. The van der Waals surface area contributed by atoms with Crippen molar-refractivity contribution < 1.29 is 19.1 Å². The Balaban J connectivity index is 1.33. The highest BCUT2D eigenvalue weighted by molar-refractivity contribution is 5.96. The number of benzene rings is 2. The first-order chi connectivity index (χ1) is 12.7. The third-order valence-corrected chi connectivity index (χ3v) is 4.58. The van der Waals surface area contributed by atoms with Gasteiger partial charge < -0.3 is 20.1 Å². The van der Waals surface area contributed by atoms with Crippen LogP contribution < -0.4 is 15.4 Å². The first-order valence-electron chi connectivity index (χ1n) is 8.77. The third-order valence-electron chi connectivity index (χ3n) is 4.58. The fourth-order valence-electron chi connectivity index (χ4n) is 3.20. The van der Waals surface area contributed by atoms with Gasteiger partial charge in [0.1, 0.15) is 11.9 Å². The number of para-hydroxylation sites is 1.